The summed E-state index contributed by atoms with van der Waals surface area (Å²) >= 11 is 0. The van der Waals surface area contributed by atoms with Gasteiger partial charge in [0.25, 0.3) is 11.6 Å². The second kappa shape index (κ2) is 6.95. The van der Waals surface area contributed by atoms with Gasteiger partial charge in [-0.15, -0.1) is 0 Å². The normalized spacial score (nSPS) is 12.4. The number of amides is 1. The fourth-order valence-electron chi connectivity index (χ4n) is 3.36. The van der Waals surface area contributed by atoms with Crippen molar-refractivity contribution in [3.05, 3.63) is 53.2 Å². The molecule has 0 unspecified atom stereocenters. The van der Waals surface area contributed by atoms with Crippen LogP contribution in [0.15, 0.2) is 39.6 Å². The molecular formula is C20H21N5O3. The maximum Gasteiger partial charge on any atom is 0.259 e. The number of aryl methyl sites for hydroxylation is 3. The SMILES string of the molecule is Cc1nn(C)cc1C[C@H](C)NC(=O)c1cc(-c2ccco2)nc2onc(C)c12. The van der Waals surface area contributed by atoms with E-state index in [9.17, 15) is 4.79 Å². The molecule has 0 fully saturated rings. The van der Waals surface area contributed by atoms with E-state index < -0.39 is 0 Å². The number of carbonyl (C=O) groups is 1. The minimum absolute atomic E-state index is 0.0779. The van der Waals surface area contributed by atoms with Crippen molar-refractivity contribution in [2.75, 3.05) is 0 Å². The summed E-state index contributed by atoms with van der Waals surface area (Å²) in [6.45, 7) is 5.72. The van der Waals surface area contributed by atoms with Gasteiger partial charge in [-0.25, -0.2) is 4.98 Å². The van der Waals surface area contributed by atoms with Crippen LogP contribution in [0.5, 0.6) is 0 Å². The second-order valence-corrected chi connectivity index (χ2v) is 6.97. The van der Waals surface area contributed by atoms with Gasteiger partial charge in [0.2, 0.25) is 0 Å². The van der Waals surface area contributed by atoms with Gasteiger partial charge in [0.15, 0.2) is 5.76 Å². The van der Waals surface area contributed by atoms with E-state index in [1.54, 1.807) is 36.1 Å². The van der Waals surface area contributed by atoms with Crippen molar-refractivity contribution in [1.29, 1.82) is 0 Å². The third-order valence-corrected chi connectivity index (χ3v) is 4.65. The summed E-state index contributed by atoms with van der Waals surface area (Å²) in [6.07, 6.45) is 4.22. The number of fused-ring (bicyclic) bond motifs is 1. The van der Waals surface area contributed by atoms with Crippen LogP contribution in [-0.4, -0.2) is 31.9 Å². The standard InChI is InChI=1S/C20H21N5O3/c1-11(8-14-10-25(4)23-12(14)2)21-19(26)15-9-16(17-6-5-7-27-17)22-20-18(15)13(3)24-28-20/h5-7,9-11H,8H2,1-4H3,(H,21,26)/t11-/m0/s1. The molecule has 0 spiro atoms. The molecule has 4 aromatic heterocycles. The minimum atomic E-state index is -0.208. The molecule has 4 heterocycles. The molecule has 0 saturated heterocycles. The highest BCUT2D eigenvalue weighted by molar-refractivity contribution is 6.07. The third-order valence-electron chi connectivity index (χ3n) is 4.65. The molecule has 0 aliphatic rings. The number of rotatable bonds is 5. The van der Waals surface area contributed by atoms with Crippen molar-refractivity contribution in [2.45, 2.75) is 33.2 Å². The molecule has 8 nitrogen and oxygen atoms in total. The van der Waals surface area contributed by atoms with E-state index in [1.807, 2.05) is 27.1 Å². The number of nitrogens with one attached hydrogen (secondary N) is 1. The molecule has 8 heteroatoms. The maximum atomic E-state index is 13.1. The first-order valence-electron chi connectivity index (χ1n) is 9.03. The molecule has 1 amide bonds. The van der Waals surface area contributed by atoms with Gasteiger partial charge >= 0.3 is 0 Å². The zero-order chi connectivity index (χ0) is 19.8. The summed E-state index contributed by atoms with van der Waals surface area (Å²) in [5.74, 6) is 0.351. The zero-order valence-corrected chi connectivity index (χ0v) is 16.2. The zero-order valence-electron chi connectivity index (χ0n) is 16.2. The van der Waals surface area contributed by atoms with E-state index in [1.165, 1.54) is 0 Å². The van der Waals surface area contributed by atoms with Gasteiger partial charge in [0.1, 0.15) is 5.69 Å². The van der Waals surface area contributed by atoms with Crippen LogP contribution in [0.4, 0.5) is 0 Å². The fourth-order valence-corrected chi connectivity index (χ4v) is 3.36. The molecule has 0 aliphatic heterocycles. The number of pyridine rings is 1. The van der Waals surface area contributed by atoms with Crippen molar-refractivity contribution in [3.8, 4) is 11.5 Å². The van der Waals surface area contributed by atoms with Crippen LogP contribution in [0.25, 0.3) is 22.6 Å². The highest BCUT2D eigenvalue weighted by Crippen LogP contribution is 2.27. The lowest BCUT2D eigenvalue weighted by molar-refractivity contribution is 0.0941. The largest absolute Gasteiger partial charge is 0.463 e. The molecule has 0 bridgehead atoms. The van der Waals surface area contributed by atoms with Crippen LogP contribution < -0.4 is 5.32 Å². The Hall–Kier alpha value is -3.42. The Morgan fingerprint density at radius 3 is 2.82 bits per heavy atom. The van der Waals surface area contributed by atoms with Gasteiger partial charge in [-0.3, -0.25) is 9.48 Å². The van der Waals surface area contributed by atoms with Gasteiger partial charge in [0.05, 0.1) is 28.6 Å². The Labute approximate surface area is 161 Å². The Kier molecular flexibility index (Phi) is 4.46. The van der Waals surface area contributed by atoms with E-state index >= 15 is 0 Å². The van der Waals surface area contributed by atoms with E-state index in [0.29, 0.717) is 40.2 Å². The van der Waals surface area contributed by atoms with Crippen LogP contribution in [0.3, 0.4) is 0 Å². The smallest absolute Gasteiger partial charge is 0.259 e. The van der Waals surface area contributed by atoms with Crippen molar-refractivity contribution in [2.24, 2.45) is 7.05 Å². The lowest BCUT2D eigenvalue weighted by Gasteiger charge is -2.14. The van der Waals surface area contributed by atoms with E-state index in [-0.39, 0.29) is 11.9 Å². The summed E-state index contributed by atoms with van der Waals surface area (Å²) in [5, 5.41) is 12.0. The molecule has 4 aromatic rings. The number of furan rings is 1. The first-order valence-corrected chi connectivity index (χ1v) is 9.03. The van der Waals surface area contributed by atoms with E-state index in [2.05, 4.69) is 20.6 Å². The summed E-state index contributed by atoms with van der Waals surface area (Å²) in [5.41, 5.74) is 3.98. The molecule has 1 N–H and O–H groups in total. The Balaban J connectivity index is 1.64. The monoisotopic (exact) mass is 379 g/mol. The van der Waals surface area contributed by atoms with Crippen molar-refractivity contribution in [3.63, 3.8) is 0 Å². The van der Waals surface area contributed by atoms with Gasteiger partial charge in [-0.05, 0) is 51.0 Å². The molecule has 0 aromatic carbocycles. The minimum Gasteiger partial charge on any atom is -0.463 e. The quantitative estimate of drug-likeness (QED) is 0.572. The van der Waals surface area contributed by atoms with Gasteiger partial charge < -0.3 is 14.3 Å². The second-order valence-electron chi connectivity index (χ2n) is 6.97. The molecule has 4 rings (SSSR count). The lowest BCUT2D eigenvalue weighted by Crippen LogP contribution is -2.34. The van der Waals surface area contributed by atoms with Crippen molar-refractivity contribution >= 4 is 17.0 Å². The first-order chi connectivity index (χ1) is 13.4. The van der Waals surface area contributed by atoms with Gasteiger partial charge in [-0.1, -0.05) is 5.16 Å². The van der Waals surface area contributed by atoms with Crippen molar-refractivity contribution in [1.82, 2.24) is 25.2 Å². The predicted octanol–water partition coefficient (Wildman–Crippen LogP) is 3.19. The number of nitrogens with zero attached hydrogens (tertiary/aromatic N) is 4. The third kappa shape index (κ3) is 3.28. The van der Waals surface area contributed by atoms with E-state index in [0.717, 1.165) is 11.3 Å². The van der Waals surface area contributed by atoms with Gasteiger partial charge in [-0.2, -0.15) is 5.10 Å². The molecule has 0 radical (unpaired) electrons. The van der Waals surface area contributed by atoms with Crippen LogP contribution in [0.2, 0.25) is 0 Å². The Bertz CT molecular complexity index is 1140. The highest BCUT2D eigenvalue weighted by Gasteiger charge is 2.21. The average Bonchev–Trinajstić information content (AvgIpc) is 3.36. The van der Waals surface area contributed by atoms with Crippen LogP contribution in [0, 0.1) is 13.8 Å². The maximum absolute atomic E-state index is 13.1. The molecule has 0 saturated carbocycles. The summed E-state index contributed by atoms with van der Waals surface area (Å²) in [4.78, 5) is 17.5. The molecule has 28 heavy (non-hydrogen) atoms. The lowest BCUT2D eigenvalue weighted by atomic mass is 10.1. The van der Waals surface area contributed by atoms with E-state index in [4.69, 9.17) is 8.94 Å². The van der Waals surface area contributed by atoms with Crippen LogP contribution in [0.1, 0.15) is 34.2 Å². The fraction of sp³-hybridized carbons (Fsp3) is 0.300. The summed E-state index contributed by atoms with van der Waals surface area (Å²) in [7, 11) is 1.89. The Morgan fingerprint density at radius 2 is 2.14 bits per heavy atom. The van der Waals surface area contributed by atoms with Gasteiger partial charge in [0, 0.05) is 19.3 Å². The Morgan fingerprint density at radius 1 is 1.32 bits per heavy atom. The summed E-state index contributed by atoms with van der Waals surface area (Å²) < 4.78 is 12.5. The molecule has 0 aliphatic carbocycles. The molecule has 1 atom stereocenters. The van der Waals surface area contributed by atoms with Crippen LogP contribution in [-0.2, 0) is 13.5 Å². The number of hydrogen-bond donors (Lipinski definition) is 1. The molecular weight excluding hydrogens is 358 g/mol. The number of carbonyl (C=O) groups excluding carboxylic acids is 1. The topological polar surface area (TPSA) is 99.0 Å². The number of aromatic nitrogens is 4. The predicted molar refractivity (Wildman–Crippen MR) is 103 cm³/mol. The first kappa shape index (κ1) is 18.0. The van der Waals surface area contributed by atoms with Crippen LogP contribution >= 0.6 is 0 Å². The highest BCUT2D eigenvalue weighted by atomic mass is 16.5. The molecule has 144 valence electrons. The number of hydrogen-bond acceptors (Lipinski definition) is 6. The average molecular weight is 379 g/mol. The van der Waals surface area contributed by atoms with Crippen molar-refractivity contribution < 1.29 is 13.7 Å². The summed E-state index contributed by atoms with van der Waals surface area (Å²) in [6, 6.07) is 5.19.